The van der Waals surface area contributed by atoms with E-state index in [1.54, 1.807) is 6.07 Å². The zero-order valence-corrected chi connectivity index (χ0v) is 11.5. The highest BCUT2D eigenvalue weighted by atomic mass is 19.1. The van der Waals surface area contributed by atoms with Gasteiger partial charge in [-0.25, -0.2) is 4.39 Å². The van der Waals surface area contributed by atoms with Crippen LogP contribution in [0.15, 0.2) is 18.2 Å². The van der Waals surface area contributed by atoms with Crippen molar-refractivity contribution in [3.8, 4) is 0 Å². The van der Waals surface area contributed by atoms with E-state index in [1.165, 1.54) is 25.7 Å². The summed E-state index contributed by atoms with van der Waals surface area (Å²) in [5, 5.41) is 3.37. The van der Waals surface area contributed by atoms with Gasteiger partial charge in [-0.2, -0.15) is 0 Å². The molecule has 0 radical (unpaired) electrons. The number of benzene rings is 1. The normalized spacial score (nSPS) is 25.7. The molecule has 1 atom stereocenters. The minimum Gasteiger partial charge on any atom is -0.380 e. The van der Waals surface area contributed by atoms with E-state index in [4.69, 9.17) is 4.74 Å². The van der Waals surface area contributed by atoms with Crippen LogP contribution in [0.5, 0.6) is 0 Å². The monoisotopic (exact) mass is 263 g/mol. The van der Waals surface area contributed by atoms with Crippen molar-refractivity contribution in [3.05, 3.63) is 29.6 Å². The largest absolute Gasteiger partial charge is 0.380 e. The van der Waals surface area contributed by atoms with Crippen molar-refractivity contribution in [2.45, 2.75) is 57.1 Å². The Hall–Kier alpha value is -1.09. The Labute approximate surface area is 114 Å². The summed E-state index contributed by atoms with van der Waals surface area (Å²) in [5.41, 5.74) is 1.67. The molecule has 1 aliphatic heterocycles. The van der Waals surface area contributed by atoms with E-state index in [0.717, 1.165) is 25.0 Å². The molecule has 1 aromatic carbocycles. The molecule has 2 fully saturated rings. The molecule has 1 aliphatic carbocycles. The van der Waals surface area contributed by atoms with Gasteiger partial charge in [0.1, 0.15) is 5.82 Å². The van der Waals surface area contributed by atoms with Crippen molar-refractivity contribution in [3.63, 3.8) is 0 Å². The lowest BCUT2D eigenvalue weighted by molar-refractivity contribution is -0.0767. The lowest BCUT2D eigenvalue weighted by Gasteiger charge is -2.39. The van der Waals surface area contributed by atoms with Gasteiger partial charge < -0.3 is 10.1 Å². The van der Waals surface area contributed by atoms with Crippen molar-refractivity contribution in [1.82, 2.24) is 0 Å². The summed E-state index contributed by atoms with van der Waals surface area (Å²) in [6.45, 7) is 2.71. The Kier molecular flexibility index (Phi) is 3.48. The molecule has 1 heterocycles. The van der Waals surface area contributed by atoms with Gasteiger partial charge in [0.25, 0.3) is 0 Å². The highest BCUT2D eigenvalue weighted by molar-refractivity contribution is 5.47. The minimum absolute atomic E-state index is 0.0804. The molecule has 3 heteroatoms. The topological polar surface area (TPSA) is 21.3 Å². The lowest BCUT2D eigenvalue weighted by atomic mass is 9.89. The van der Waals surface area contributed by atoms with Crippen molar-refractivity contribution >= 4 is 5.69 Å². The minimum atomic E-state index is -0.146. The number of rotatable bonds is 2. The number of hydrogen-bond donors (Lipinski definition) is 1. The third-order valence-electron chi connectivity index (χ3n) is 4.49. The zero-order valence-electron chi connectivity index (χ0n) is 11.5. The summed E-state index contributed by atoms with van der Waals surface area (Å²) in [4.78, 5) is 0. The second kappa shape index (κ2) is 5.12. The van der Waals surface area contributed by atoms with Crippen LogP contribution in [0.25, 0.3) is 0 Å². The molecule has 2 aliphatic rings. The highest BCUT2D eigenvalue weighted by Gasteiger charge is 2.39. The molecule has 104 valence electrons. The van der Waals surface area contributed by atoms with Crippen LogP contribution in [0.3, 0.4) is 0 Å². The van der Waals surface area contributed by atoms with E-state index in [2.05, 4.69) is 5.32 Å². The zero-order chi connectivity index (χ0) is 13.3. The maximum atomic E-state index is 13.9. The lowest BCUT2D eigenvalue weighted by Crippen LogP contribution is -2.42. The van der Waals surface area contributed by atoms with E-state index >= 15 is 0 Å². The summed E-state index contributed by atoms with van der Waals surface area (Å²) >= 11 is 0. The van der Waals surface area contributed by atoms with Crippen molar-refractivity contribution < 1.29 is 9.13 Å². The molecular weight excluding hydrogens is 241 g/mol. The summed E-state index contributed by atoms with van der Waals surface area (Å²) in [5.74, 6) is -0.146. The van der Waals surface area contributed by atoms with Crippen LogP contribution >= 0.6 is 0 Å². The third-order valence-corrected chi connectivity index (χ3v) is 4.49. The van der Waals surface area contributed by atoms with Crippen LogP contribution in [0.4, 0.5) is 10.1 Å². The van der Waals surface area contributed by atoms with Crippen LogP contribution in [-0.2, 0) is 4.74 Å². The first-order valence-electron chi connectivity index (χ1n) is 7.34. The van der Waals surface area contributed by atoms with Crippen LogP contribution in [-0.4, -0.2) is 18.2 Å². The SMILES string of the molecule is Cc1ccc(NC2CCOC3(CCCC3)C2)c(F)c1. The Morgan fingerprint density at radius 3 is 2.84 bits per heavy atom. The number of aryl methyl sites for hydroxylation is 1. The Balaban J connectivity index is 1.69. The highest BCUT2D eigenvalue weighted by Crippen LogP contribution is 2.40. The Morgan fingerprint density at radius 2 is 2.11 bits per heavy atom. The van der Waals surface area contributed by atoms with E-state index in [0.29, 0.717) is 11.7 Å². The van der Waals surface area contributed by atoms with Gasteiger partial charge in [0.15, 0.2) is 0 Å². The third kappa shape index (κ3) is 2.76. The van der Waals surface area contributed by atoms with Gasteiger partial charge in [-0.3, -0.25) is 0 Å². The van der Waals surface area contributed by atoms with Crippen molar-refractivity contribution in [2.24, 2.45) is 0 Å². The van der Waals surface area contributed by atoms with Gasteiger partial charge >= 0.3 is 0 Å². The predicted octanol–water partition coefficient (Wildman–Crippen LogP) is 4.04. The molecule has 3 rings (SSSR count). The van der Waals surface area contributed by atoms with Gasteiger partial charge in [-0.1, -0.05) is 18.9 Å². The first-order chi connectivity index (χ1) is 9.17. The van der Waals surface area contributed by atoms with E-state index in [9.17, 15) is 4.39 Å². The average Bonchev–Trinajstić information content (AvgIpc) is 2.81. The quantitative estimate of drug-likeness (QED) is 0.869. The molecule has 0 aromatic heterocycles. The summed E-state index contributed by atoms with van der Waals surface area (Å²) in [6, 6.07) is 5.73. The second-order valence-corrected chi connectivity index (χ2v) is 6.06. The molecule has 0 amide bonds. The summed E-state index contributed by atoms with van der Waals surface area (Å²) < 4.78 is 19.9. The van der Waals surface area contributed by atoms with E-state index in [1.807, 2.05) is 19.1 Å². The molecule has 1 unspecified atom stereocenters. The molecule has 1 N–H and O–H groups in total. The number of ether oxygens (including phenoxy) is 1. The molecule has 0 bridgehead atoms. The summed E-state index contributed by atoms with van der Waals surface area (Å²) in [6.07, 6.45) is 6.86. The molecular formula is C16H22FNO. The standard InChI is InChI=1S/C16H22FNO/c1-12-4-5-15(14(17)10-12)18-13-6-9-19-16(11-13)7-2-3-8-16/h4-5,10,13,18H,2-3,6-9,11H2,1H3. The molecule has 1 aromatic rings. The fourth-order valence-electron chi connectivity index (χ4n) is 3.48. The van der Waals surface area contributed by atoms with Crippen LogP contribution < -0.4 is 5.32 Å². The average molecular weight is 263 g/mol. The van der Waals surface area contributed by atoms with Crippen LogP contribution in [0, 0.1) is 12.7 Å². The first kappa shape index (κ1) is 12.9. The number of hydrogen-bond acceptors (Lipinski definition) is 2. The number of nitrogens with one attached hydrogen (secondary N) is 1. The smallest absolute Gasteiger partial charge is 0.146 e. The van der Waals surface area contributed by atoms with Gasteiger partial charge in [0.05, 0.1) is 11.3 Å². The first-order valence-corrected chi connectivity index (χ1v) is 7.34. The molecule has 19 heavy (non-hydrogen) atoms. The van der Waals surface area contributed by atoms with E-state index in [-0.39, 0.29) is 11.4 Å². The molecule has 1 spiro atoms. The van der Waals surface area contributed by atoms with E-state index < -0.39 is 0 Å². The van der Waals surface area contributed by atoms with Crippen molar-refractivity contribution in [2.75, 3.05) is 11.9 Å². The van der Waals surface area contributed by atoms with Gasteiger partial charge in [0, 0.05) is 12.6 Å². The fourth-order valence-corrected chi connectivity index (χ4v) is 3.48. The summed E-state index contributed by atoms with van der Waals surface area (Å²) in [7, 11) is 0. The fraction of sp³-hybridized carbons (Fsp3) is 0.625. The van der Waals surface area contributed by atoms with Gasteiger partial charge in [-0.05, 0) is 50.3 Å². The number of halogens is 1. The van der Waals surface area contributed by atoms with Gasteiger partial charge in [0.2, 0.25) is 0 Å². The Morgan fingerprint density at radius 1 is 1.32 bits per heavy atom. The maximum absolute atomic E-state index is 13.9. The molecule has 2 nitrogen and oxygen atoms in total. The van der Waals surface area contributed by atoms with Crippen LogP contribution in [0.1, 0.15) is 44.1 Å². The Bertz CT molecular complexity index is 454. The van der Waals surface area contributed by atoms with Crippen molar-refractivity contribution in [1.29, 1.82) is 0 Å². The molecule has 1 saturated carbocycles. The predicted molar refractivity (Wildman–Crippen MR) is 74.9 cm³/mol. The second-order valence-electron chi connectivity index (χ2n) is 6.06. The maximum Gasteiger partial charge on any atom is 0.146 e. The van der Waals surface area contributed by atoms with Gasteiger partial charge in [-0.15, -0.1) is 0 Å². The van der Waals surface area contributed by atoms with Crippen LogP contribution in [0.2, 0.25) is 0 Å². The molecule has 1 saturated heterocycles. The number of anilines is 1.